The summed E-state index contributed by atoms with van der Waals surface area (Å²) in [5.41, 5.74) is 0.443. The van der Waals surface area contributed by atoms with Crippen LogP contribution in [0, 0.1) is 5.92 Å². The maximum absolute atomic E-state index is 13.0. The lowest BCUT2D eigenvalue weighted by atomic mass is 10.1. The van der Waals surface area contributed by atoms with Gasteiger partial charge in [-0.1, -0.05) is 19.3 Å². The highest BCUT2D eigenvalue weighted by Crippen LogP contribution is 2.33. The summed E-state index contributed by atoms with van der Waals surface area (Å²) in [6, 6.07) is 4.78. The zero-order valence-corrected chi connectivity index (χ0v) is 17.1. The minimum absolute atomic E-state index is 0.000687. The molecule has 1 aliphatic carbocycles. The van der Waals surface area contributed by atoms with Gasteiger partial charge in [-0.05, 0) is 57.7 Å². The van der Waals surface area contributed by atoms with E-state index in [1.807, 2.05) is 13.8 Å². The summed E-state index contributed by atoms with van der Waals surface area (Å²) in [6.07, 6.45) is 6.68. The van der Waals surface area contributed by atoms with E-state index in [1.165, 1.54) is 4.31 Å². The Labute approximate surface area is 162 Å². The maximum atomic E-state index is 13.0. The Balaban J connectivity index is 1.88. The number of carbonyl (C=O) groups is 1. The third kappa shape index (κ3) is 4.82. The van der Waals surface area contributed by atoms with Gasteiger partial charge in [-0.25, -0.2) is 8.42 Å². The SMILES string of the molecule is CC(C)Oc1ccc(S(=O)(=O)N2CCCCC2)cc1NC(=O)C1CCCC1. The average Bonchev–Trinajstić information content (AvgIpc) is 3.18. The van der Waals surface area contributed by atoms with Gasteiger partial charge in [-0.3, -0.25) is 4.79 Å². The van der Waals surface area contributed by atoms with Crippen LogP contribution in [0.15, 0.2) is 23.1 Å². The molecule has 1 N–H and O–H groups in total. The number of anilines is 1. The zero-order chi connectivity index (χ0) is 19.4. The van der Waals surface area contributed by atoms with E-state index in [0.717, 1.165) is 44.9 Å². The van der Waals surface area contributed by atoms with E-state index >= 15 is 0 Å². The molecule has 0 bridgehead atoms. The fraction of sp³-hybridized carbons (Fsp3) is 0.650. The molecule has 0 aromatic heterocycles. The molecule has 6 nitrogen and oxygen atoms in total. The number of hydrogen-bond donors (Lipinski definition) is 1. The van der Waals surface area contributed by atoms with Crippen LogP contribution in [-0.4, -0.2) is 37.8 Å². The largest absolute Gasteiger partial charge is 0.489 e. The van der Waals surface area contributed by atoms with Gasteiger partial charge in [0.15, 0.2) is 0 Å². The lowest BCUT2D eigenvalue weighted by molar-refractivity contribution is -0.119. The Morgan fingerprint density at radius 3 is 2.41 bits per heavy atom. The Morgan fingerprint density at radius 1 is 1.11 bits per heavy atom. The highest BCUT2D eigenvalue weighted by atomic mass is 32.2. The van der Waals surface area contributed by atoms with Crippen molar-refractivity contribution in [2.24, 2.45) is 5.92 Å². The van der Waals surface area contributed by atoms with Crippen LogP contribution in [0.1, 0.15) is 58.8 Å². The molecule has 0 spiro atoms. The fourth-order valence-electron chi connectivity index (χ4n) is 3.80. The Hall–Kier alpha value is -1.60. The van der Waals surface area contributed by atoms with Gasteiger partial charge in [0.05, 0.1) is 16.7 Å². The Kier molecular flexibility index (Phi) is 6.42. The highest BCUT2D eigenvalue weighted by molar-refractivity contribution is 7.89. The van der Waals surface area contributed by atoms with E-state index in [1.54, 1.807) is 18.2 Å². The van der Waals surface area contributed by atoms with Crippen LogP contribution in [0.3, 0.4) is 0 Å². The van der Waals surface area contributed by atoms with Crippen LogP contribution >= 0.6 is 0 Å². The predicted molar refractivity (Wildman–Crippen MR) is 105 cm³/mol. The topological polar surface area (TPSA) is 75.7 Å². The van der Waals surface area contributed by atoms with Gasteiger partial charge in [0.1, 0.15) is 5.75 Å². The Morgan fingerprint density at radius 2 is 1.78 bits per heavy atom. The number of benzene rings is 1. The molecule has 150 valence electrons. The number of ether oxygens (including phenoxy) is 1. The molecule has 2 aliphatic rings. The number of nitrogens with zero attached hydrogens (tertiary/aromatic N) is 1. The molecule has 1 saturated carbocycles. The van der Waals surface area contributed by atoms with Crippen LogP contribution in [0.4, 0.5) is 5.69 Å². The summed E-state index contributed by atoms with van der Waals surface area (Å²) in [5.74, 6) is 0.460. The van der Waals surface area contributed by atoms with Crippen LogP contribution in [-0.2, 0) is 14.8 Å². The third-order valence-electron chi connectivity index (χ3n) is 5.25. The molecule has 0 unspecified atom stereocenters. The molecular weight excluding hydrogens is 364 g/mol. The molecule has 27 heavy (non-hydrogen) atoms. The van der Waals surface area contributed by atoms with E-state index in [9.17, 15) is 13.2 Å². The molecule has 1 aromatic rings. The average molecular weight is 395 g/mol. The van der Waals surface area contributed by atoms with Crippen LogP contribution in [0.2, 0.25) is 0 Å². The first kappa shape index (κ1) is 20.1. The van der Waals surface area contributed by atoms with Gasteiger partial charge < -0.3 is 10.1 Å². The first-order valence-electron chi connectivity index (χ1n) is 9.99. The molecule has 1 heterocycles. The van der Waals surface area contributed by atoms with Crippen molar-refractivity contribution in [3.05, 3.63) is 18.2 Å². The summed E-state index contributed by atoms with van der Waals surface area (Å²) >= 11 is 0. The molecule has 1 amide bonds. The maximum Gasteiger partial charge on any atom is 0.243 e. The van der Waals surface area contributed by atoms with Crippen molar-refractivity contribution < 1.29 is 17.9 Å². The van der Waals surface area contributed by atoms with Gasteiger partial charge in [-0.15, -0.1) is 0 Å². The van der Waals surface area contributed by atoms with Crippen LogP contribution in [0.25, 0.3) is 0 Å². The van der Waals surface area contributed by atoms with Crippen molar-refractivity contribution in [3.63, 3.8) is 0 Å². The number of hydrogen-bond acceptors (Lipinski definition) is 4. The molecule has 0 atom stereocenters. The number of sulfonamides is 1. The molecule has 3 rings (SSSR count). The standard InChI is InChI=1S/C20H30N2O4S/c1-15(2)26-19-11-10-17(27(24,25)22-12-6-3-7-13-22)14-18(19)21-20(23)16-8-4-5-9-16/h10-11,14-16H,3-9,12-13H2,1-2H3,(H,21,23). The monoisotopic (exact) mass is 394 g/mol. The summed E-state index contributed by atoms with van der Waals surface area (Å²) in [6.45, 7) is 4.91. The third-order valence-corrected chi connectivity index (χ3v) is 7.14. The van der Waals surface area contributed by atoms with Gasteiger partial charge in [0.25, 0.3) is 0 Å². The quantitative estimate of drug-likeness (QED) is 0.797. The van der Waals surface area contributed by atoms with Gasteiger partial charge >= 0.3 is 0 Å². The first-order chi connectivity index (χ1) is 12.9. The molecule has 1 aromatic carbocycles. The fourth-order valence-corrected chi connectivity index (χ4v) is 5.34. The van der Waals surface area contributed by atoms with E-state index in [0.29, 0.717) is 24.5 Å². The molecule has 0 radical (unpaired) electrons. The van der Waals surface area contributed by atoms with Gasteiger partial charge in [0, 0.05) is 19.0 Å². The Bertz CT molecular complexity index is 764. The predicted octanol–water partition coefficient (Wildman–Crippen LogP) is 3.78. The van der Waals surface area contributed by atoms with E-state index in [4.69, 9.17) is 4.74 Å². The summed E-state index contributed by atoms with van der Waals surface area (Å²) < 4.78 is 33.3. The van der Waals surface area contributed by atoms with E-state index < -0.39 is 10.0 Å². The molecule has 2 fully saturated rings. The van der Waals surface area contributed by atoms with E-state index in [-0.39, 0.29) is 22.8 Å². The molecule has 1 saturated heterocycles. The van der Waals surface area contributed by atoms with Crippen molar-refractivity contribution in [1.29, 1.82) is 0 Å². The minimum atomic E-state index is -3.56. The molecular formula is C20H30N2O4S. The smallest absolute Gasteiger partial charge is 0.243 e. The lowest BCUT2D eigenvalue weighted by Gasteiger charge is -2.26. The second-order valence-electron chi connectivity index (χ2n) is 7.76. The summed E-state index contributed by atoms with van der Waals surface area (Å²) in [7, 11) is -3.56. The summed E-state index contributed by atoms with van der Waals surface area (Å²) in [5, 5.41) is 2.93. The number of carbonyl (C=O) groups excluding carboxylic acids is 1. The zero-order valence-electron chi connectivity index (χ0n) is 16.2. The number of nitrogens with one attached hydrogen (secondary N) is 1. The lowest BCUT2D eigenvalue weighted by Crippen LogP contribution is -2.35. The van der Waals surface area contributed by atoms with Gasteiger partial charge in [-0.2, -0.15) is 4.31 Å². The molecule has 7 heteroatoms. The first-order valence-corrected chi connectivity index (χ1v) is 11.4. The van der Waals surface area contributed by atoms with Crippen LogP contribution in [0.5, 0.6) is 5.75 Å². The van der Waals surface area contributed by atoms with Crippen molar-refractivity contribution in [1.82, 2.24) is 4.31 Å². The number of amides is 1. The summed E-state index contributed by atoms with van der Waals surface area (Å²) in [4.78, 5) is 12.8. The van der Waals surface area contributed by atoms with Crippen molar-refractivity contribution in [2.75, 3.05) is 18.4 Å². The second kappa shape index (κ2) is 8.61. The minimum Gasteiger partial charge on any atom is -0.489 e. The number of piperidine rings is 1. The van der Waals surface area contributed by atoms with Crippen molar-refractivity contribution in [3.8, 4) is 5.75 Å². The van der Waals surface area contributed by atoms with Gasteiger partial charge in [0.2, 0.25) is 15.9 Å². The number of rotatable bonds is 6. The van der Waals surface area contributed by atoms with Crippen molar-refractivity contribution in [2.45, 2.75) is 69.8 Å². The molecule has 1 aliphatic heterocycles. The van der Waals surface area contributed by atoms with Crippen LogP contribution < -0.4 is 10.1 Å². The van der Waals surface area contributed by atoms with Crippen molar-refractivity contribution >= 4 is 21.6 Å². The highest BCUT2D eigenvalue weighted by Gasteiger charge is 2.28. The second-order valence-corrected chi connectivity index (χ2v) is 9.70. The van der Waals surface area contributed by atoms with E-state index in [2.05, 4.69) is 5.32 Å². The normalized spacial score (nSPS) is 19.4.